The fourth-order valence-corrected chi connectivity index (χ4v) is 0.647. The largest absolute Gasteiger partial charge is 0.303 e. The molecule has 0 aromatic carbocycles. The highest BCUT2D eigenvalue weighted by Gasteiger charge is 1.90. The molecule has 0 radical (unpaired) electrons. The second-order valence-electron chi connectivity index (χ2n) is 2.30. The summed E-state index contributed by atoms with van der Waals surface area (Å²) in [5, 5.41) is 0. The van der Waals surface area contributed by atoms with Gasteiger partial charge in [0.25, 0.3) is 0 Å². The molecule has 10 heavy (non-hydrogen) atoms. The summed E-state index contributed by atoms with van der Waals surface area (Å²) in [5.41, 5.74) is 0. The minimum Gasteiger partial charge on any atom is -0.303 e. The van der Waals surface area contributed by atoms with Gasteiger partial charge in [0.1, 0.15) is 6.29 Å². The lowest BCUT2D eigenvalue weighted by Gasteiger charge is -1.95. The molecule has 0 bridgehead atoms. The normalized spacial score (nSPS) is 13.8. The molecule has 2 heteroatoms. The van der Waals surface area contributed by atoms with Crippen LogP contribution in [0.15, 0.2) is 12.2 Å². The van der Waals surface area contributed by atoms with Crippen molar-refractivity contribution in [2.75, 3.05) is 5.88 Å². The number of aldehydes is 1. The molecule has 0 aliphatic heterocycles. The summed E-state index contributed by atoms with van der Waals surface area (Å²) in [6.07, 6.45) is 6.42. The van der Waals surface area contributed by atoms with Crippen LogP contribution in [0.5, 0.6) is 0 Å². The number of hydrogen-bond acceptors (Lipinski definition) is 1. The van der Waals surface area contributed by atoms with E-state index >= 15 is 0 Å². The first-order valence-corrected chi connectivity index (χ1v) is 4.01. The van der Waals surface area contributed by atoms with Crippen molar-refractivity contribution in [2.24, 2.45) is 5.92 Å². The van der Waals surface area contributed by atoms with Crippen molar-refractivity contribution in [3.05, 3.63) is 12.2 Å². The van der Waals surface area contributed by atoms with E-state index in [1.54, 1.807) is 0 Å². The second kappa shape index (κ2) is 6.81. The van der Waals surface area contributed by atoms with Gasteiger partial charge in [-0.05, 0) is 12.3 Å². The van der Waals surface area contributed by atoms with Crippen LogP contribution in [0.3, 0.4) is 0 Å². The molecule has 1 atom stereocenters. The van der Waals surface area contributed by atoms with Gasteiger partial charge in [-0.3, -0.25) is 0 Å². The molecule has 0 aromatic heterocycles. The third-order valence-electron chi connectivity index (χ3n) is 1.16. The van der Waals surface area contributed by atoms with E-state index in [1.165, 1.54) is 0 Å². The summed E-state index contributed by atoms with van der Waals surface area (Å²) < 4.78 is 0. The van der Waals surface area contributed by atoms with Gasteiger partial charge in [-0.15, -0.1) is 11.6 Å². The van der Waals surface area contributed by atoms with Crippen LogP contribution in [-0.4, -0.2) is 12.2 Å². The summed E-state index contributed by atoms with van der Waals surface area (Å²) in [7, 11) is 0. The second-order valence-corrected chi connectivity index (χ2v) is 2.61. The van der Waals surface area contributed by atoms with Gasteiger partial charge >= 0.3 is 0 Å². The molecule has 0 fully saturated rings. The first kappa shape index (κ1) is 9.70. The highest BCUT2D eigenvalue weighted by atomic mass is 35.5. The molecular weight excluding hydrogens is 148 g/mol. The SMILES string of the molecule is CC(/C=C/CCC=O)CCl. The Balaban J connectivity index is 3.26. The Kier molecular flexibility index (Phi) is 6.61. The van der Waals surface area contributed by atoms with Crippen LogP contribution in [0, 0.1) is 5.92 Å². The summed E-state index contributed by atoms with van der Waals surface area (Å²) >= 11 is 5.54. The van der Waals surface area contributed by atoms with Crippen LogP contribution < -0.4 is 0 Å². The predicted molar refractivity (Wildman–Crippen MR) is 44.3 cm³/mol. The molecule has 0 aromatic rings. The lowest BCUT2D eigenvalue weighted by Crippen LogP contribution is -1.88. The molecule has 0 amide bonds. The molecule has 0 saturated carbocycles. The smallest absolute Gasteiger partial charge is 0.120 e. The van der Waals surface area contributed by atoms with Crippen molar-refractivity contribution in [1.82, 2.24) is 0 Å². The van der Waals surface area contributed by atoms with Gasteiger partial charge in [0.05, 0.1) is 0 Å². The first-order valence-electron chi connectivity index (χ1n) is 3.47. The van der Waals surface area contributed by atoms with Crippen LogP contribution in [0.4, 0.5) is 0 Å². The summed E-state index contributed by atoms with van der Waals surface area (Å²) in [6.45, 7) is 2.05. The maximum atomic E-state index is 9.86. The van der Waals surface area contributed by atoms with Crippen molar-refractivity contribution in [3.8, 4) is 0 Å². The molecule has 0 rings (SSSR count). The number of hydrogen-bond donors (Lipinski definition) is 0. The third-order valence-corrected chi connectivity index (χ3v) is 1.65. The molecule has 0 aliphatic carbocycles. The van der Waals surface area contributed by atoms with Crippen LogP contribution in [0.1, 0.15) is 19.8 Å². The third kappa shape index (κ3) is 5.83. The minimum atomic E-state index is 0.424. The Hall–Kier alpha value is -0.300. The standard InChI is InChI=1S/C8H13ClO/c1-8(7-9)5-3-2-4-6-10/h3,5-6,8H,2,4,7H2,1H3/b5-3+. The number of alkyl halides is 1. The molecule has 0 N–H and O–H groups in total. The Morgan fingerprint density at radius 1 is 1.50 bits per heavy atom. The molecule has 1 nitrogen and oxygen atoms in total. The van der Waals surface area contributed by atoms with Gasteiger partial charge in [-0.25, -0.2) is 0 Å². The average Bonchev–Trinajstić information content (AvgIpc) is 1.98. The Morgan fingerprint density at radius 3 is 2.70 bits per heavy atom. The van der Waals surface area contributed by atoms with Crippen molar-refractivity contribution in [2.45, 2.75) is 19.8 Å². The van der Waals surface area contributed by atoms with E-state index in [-0.39, 0.29) is 0 Å². The molecule has 58 valence electrons. The highest BCUT2D eigenvalue weighted by molar-refractivity contribution is 6.18. The maximum Gasteiger partial charge on any atom is 0.120 e. The quantitative estimate of drug-likeness (QED) is 0.261. The highest BCUT2D eigenvalue weighted by Crippen LogP contribution is 2.00. The molecule has 1 unspecified atom stereocenters. The van der Waals surface area contributed by atoms with Crippen molar-refractivity contribution < 1.29 is 4.79 Å². The number of allylic oxidation sites excluding steroid dienone is 2. The van der Waals surface area contributed by atoms with Crippen LogP contribution >= 0.6 is 11.6 Å². The van der Waals surface area contributed by atoms with E-state index in [9.17, 15) is 4.79 Å². The Labute approximate surface area is 67.1 Å². The molecule has 0 heterocycles. The number of unbranched alkanes of at least 4 members (excludes halogenated alkanes) is 1. The summed E-state index contributed by atoms with van der Waals surface area (Å²) in [5.74, 6) is 1.07. The molecular formula is C8H13ClO. The van der Waals surface area contributed by atoms with Crippen LogP contribution in [0.2, 0.25) is 0 Å². The number of halogens is 1. The van der Waals surface area contributed by atoms with E-state index in [0.717, 1.165) is 12.7 Å². The zero-order valence-electron chi connectivity index (χ0n) is 6.22. The first-order chi connectivity index (χ1) is 4.81. The van der Waals surface area contributed by atoms with E-state index in [4.69, 9.17) is 11.6 Å². The van der Waals surface area contributed by atoms with Gasteiger partial charge in [-0.1, -0.05) is 19.1 Å². The van der Waals surface area contributed by atoms with Gasteiger partial charge in [0, 0.05) is 12.3 Å². The molecule has 0 saturated heterocycles. The number of rotatable bonds is 5. The molecule has 0 spiro atoms. The van der Waals surface area contributed by atoms with Crippen molar-refractivity contribution >= 4 is 17.9 Å². The van der Waals surface area contributed by atoms with Gasteiger partial charge in [0.15, 0.2) is 0 Å². The van der Waals surface area contributed by atoms with E-state index in [0.29, 0.717) is 18.2 Å². The average molecular weight is 161 g/mol. The maximum absolute atomic E-state index is 9.86. The Morgan fingerprint density at radius 2 is 2.20 bits per heavy atom. The van der Waals surface area contributed by atoms with Gasteiger partial charge < -0.3 is 4.79 Å². The topological polar surface area (TPSA) is 17.1 Å². The number of carbonyl (C=O) groups is 1. The van der Waals surface area contributed by atoms with Crippen molar-refractivity contribution in [1.29, 1.82) is 0 Å². The summed E-state index contributed by atoms with van der Waals surface area (Å²) in [4.78, 5) is 9.86. The van der Waals surface area contributed by atoms with Gasteiger partial charge in [0.2, 0.25) is 0 Å². The minimum absolute atomic E-state index is 0.424. The van der Waals surface area contributed by atoms with Crippen molar-refractivity contribution in [3.63, 3.8) is 0 Å². The van der Waals surface area contributed by atoms with E-state index < -0.39 is 0 Å². The zero-order valence-corrected chi connectivity index (χ0v) is 6.97. The summed E-state index contributed by atoms with van der Waals surface area (Å²) in [6, 6.07) is 0. The predicted octanol–water partition coefficient (Wildman–Crippen LogP) is 2.40. The fraction of sp³-hybridized carbons (Fsp3) is 0.625. The lowest BCUT2D eigenvalue weighted by atomic mass is 10.2. The van der Waals surface area contributed by atoms with Gasteiger partial charge in [-0.2, -0.15) is 0 Å². The zero-order chi connectivity index (χ0) is 7.82. The monoisotopic (exact) mass is 160 g/mol. The lowest BCUT2D eigenvalue weighted by molar-refractivity contribution is -0.107. The van der Waals surface area contributed by atoms with Crippen LogP contribution in [0.25, 0.3) is 0 Å². The Bertz CT molecular complexity index is 110. The van der Waals surface area contributed by atoms with Crippen LogP contribution in [-0.2, 0) is 4.79 Å². The fourth-order valence-electron chi connectivity index (χ4n) is 0.544. The number of carbonyl (C=O) groups excluding carboxylic acids is 1. The van der Waals surface area contributed by atoms with E-state index in [2.05, 4.69) is 0 Å². The molecule has 0 aliphatic rings. The van der Waals surface area contributed by atoms with E-state index in [1.807, 2.05) is 19.1 Å².